The van der Waals surface area contributed by atoms with Gasteiger partial charge in [0.2, 0.25) is 11.8 Å². The maximum atomic E-state index is 13.8. The molecule has 3 aromatic rings. The van der Waals surface area contributed by atoms with E-state index >= 15 is 0 Å². The van der Waals surface area contributed by atoms with Crippen LogP contribution in [0.5, 0.6) is 0 Å². The van der Waals surface area contributed by atoms with E-state index in [1.165, 1.54) is 11.6 Å². The lowest BCUT2D eigenvalue weighted by atomic mass is 10.1. The van der Waals surface area contributed by atoms with Gasteiger partial charge in [-0.25, -0.2) is 4.39 Å². The second kappa shape index (κ2) is 8.35. The van der Waals surface area contributed by atoms with E-state index in [9.17, 15) is 4.39 Å². The third-order valence-electron chi connectivity index (χ3n) is 4.67. The minimum atomic E-state index is -0.253. The van der Waals surface area contributed by atoms with Crippen molar-refractivity contribution >= 4 is 17.8 Å². The van der Waals surface area contributed by atoms with E-state index < -0.39 is 0 Å². The number of morpholine rings is 1. The topological polar surface area (TPSA) is 51.4 Å². The van der Waals surface area contributed by atoms with Gasteiger partial charge in [-0.3, -0.25) is 0 Å². The molecule has 1 fully saturated rings. The lowest BCUT2D eigenvalue weighted by Crippen LogP contribution is -2.36. The van der Waals surface area contributed by atoms with Gasteiger partial charge in [0.25, 0.3) is 0 Å². The van der Waals surface area contributed by atoms with Crippen molar-refractivity contribution in [2.24, 2.45) is 0 Å². The molecule has 2 aromatic carbocycles. The Morgan fingerprint density at radius 1 is 1.07 bits per heavy atom. The van der Waals surface area contributed by atoms with Crippen molar-refractivity contribution in [2.75, 3.05) is 31.2 Å². The number of benzene rings is 2. The third-order valence-corrected chi connectivity index (χ3v) is 4.67. The first-order valence-electron chi connectivity index (χ1n) is 9.36. The van der Waals surface area contributed by atoms with Gasteiger partial charge in [-0.1, -0.05) is 29.8 Å². The lowest BCUT2D eigenvalue weighted by Gasteiger charge is -2.30. The van der Waals surface area contributed by atoms with Crippen LogP contribution in [-0.4, -0.2) is 36.5 Å². The Balaban J connectivity index is 1.51. The average molecular weight is 379 g/mol. The molecule has 4 rings (SSSR count). The van der Waals surface area contributed by atoms with E-state index in [0.717, 1.165) is 29.9 Å². The van der Waals surface area contributed by atoms with Gasteiger partial charge in [-0.2, -0.15) is 0 Å². The molecule has 0 saturated carbocycles. The number of nitrogens with zero attached hydrogens (tertiary/aromatic N) is 3. The number of rotatable bonds is 5. The summed E-state index contributed by atoms with van der Waals surface area (Å²) in [6.45, 7) is 4.83. The Hall–Kier alpha value is -2.99. The van der Waals surface area contributed by atoms with Crippen LogP contribution in [-0.2, 0) is 11.2 Å². The Morgan fingerprint density at radius 3 is 2.75 bits per heavy atom. The molecule has 0 bridgehead atoms. The summed E-state index contributed by atoms with van der Waals surface area (Å²) in [5.41, 5.74) is 4.08. The minimum absolute atomic E-state index is 0.253. The van der Waals surface area contributed by atoms with Crippen molar-refractivity contribution in [3.8, 4) is 0 Å². The molecule has 0 amide bonds. The number of anilines is 1. The van der Waals surface area contributed by atoms with Crippen LogP contribution in [0.2, 0.25) is 0 Å². The van der Waals surface area contributed by atoms with Crippen LogP contribution in [0.25, 0.3) is 12.2 Å². The molecule has 0 spiro atoms. The van der Waals surface area contributed by atoms with Crippen molar-refractivity contribution in [1.29, 1.82) is 0 Å². The molecule has 0 unspecified atom stereocenters. The Labute approximate surface area is 163 Å². The van der Waals surface area contributed by atoms with Gasteiger partial charge >= 0.3 is 0 Å². The van der Waals surface area contributed by atoms with Gasteiger partial charge < -0.3 is 14.1 Å². The zero-order valence-electron chi connectivity index (χ0n) is 15.8. The number of ether oxygens (including phenoxy) is 1. The Morgan fingerprint density at radius 2 is 1.93 bits per heavy atom. The fraction of sp³-hybridized carbons (Fsp3) is 0.273. The summed E-state index contributed by atoms with van der Waals surface area (Å²) < 4.78 is 24.9. The van der Waals surface area contributed by atoms with Crippen LogP contribution in [0, 0.1) is 12.7 Å². The molecule has 1 saturated heterocycles. The third kappa shape index (κ3) is 4.46. The molecule has 1 aliphatic heterocycles. The molecule has 5 nitrogen and oxygen atoms in total. The van der Waals surface area contributed by atoms with Gasteiger partial charge in [0.05, 0.1) is 19.6 Å². The van der Waals surface area contributed by atoms with Crippen molar-refractivity contribution in [3.63, 3.8) is 0 Å². The molecule has 144 valence electrons. The van der Waals surface area contributed by atoms with E-state index in [1.807, 2.05) is 18.2 Å². The monoisotopic (exact) mass is 379 g/mol. The molecule has 0 aliphatic carbocycles. The number of hydrogen-bond acceptors (Lipinski definition) is 5. The van der Waals surface area contributed by atoms with Gasteiger partial charge in [-0.15, -0.1) is 10.2 Å². The number of halogens is 1. The van der Waals surface area contributed by atoms with Crippen LogP contribution < -0.4 is 4.90 Å². The average Bonchev–Trinajstić information content (AvgIpc) is 3.15. The molecule has 0 atom stereocenters. The summed E-state index contributed by atoms with van der Waals surface area (Å²) in [7, 11) is 0. The van der Waals surface area contributed by atoms with Gasteiger partial charge in [0.15, 0.2) is 0 Å². The number of aryl methyl sites for hydroxylation is 1. The fourth-order valence-electron chi connectivity index (χ4n) is 3.30. The highest BCUT2D eigenvalue weighted by molar-refractivity contribution is 5.75. The quantitative estimate of drug-likeness (QED) is 0.668. The molecule has 1 aliphatic rings. The first-order chi connectivity index (χ1) is 13.7. The zero-order chi connectivity index (χ0) is 19.3. The first kappa shape index (κ1) is 18.4. The largest absolute Gasteiger partial charge is 0.421 e. The van der Waals surface area contributed by atoms with E-state index in [0.29, 0.717) is 31.4 Å². The second-order valence-corrected chi connectivity index (χ2v) is 6.84. The number of aromatic nitrogens is 2. The second-order valence-electron chi connectivity index (χ2n) is 6.84. The van der Waals surface area contributed by atoms with Gasteiger partial charge in [-0.05, 0) is 42.3 Å². The van der Waals surface area contributed by atoms with Crippen molar-refractivity contribution in [2.45, 2.75) is 13.3 Å². The Bertz CT molecular complexity index is 977. The van der Waals surface area contributed by atoms with Crippen LogP contribution in [0.3, 0.4) is 0 Å². The predicted octanol–water partition coefficient (Wildman–Crippen LogP) is 4.11. The van der Waals surface area contributed by atoms with Gasteiger partial charge in [0.1, 0.15) is 5.82 Å². The lowest BCUT2D eigenvalue weighted by molar-refractivity contribution is 0.122. The van der Waals surface area contributed by atoms with Crippen LogP contribution in [0.15, 0.2) is 46.9 Å². The number of hydrogen-bond donors (Lipinski definition) is 0. The summed E-state index contributed by atoms with van der Waals surface area (Å²) in [6.07, 6.45) is 4.25. The molecular formula is C22H22FN3O2. The fourth-order valence-corrected chi connectivity index (χ4v) is 3.30. The molecule has 1 aromatic heterocycles. The smallest absolute Gasteiger partial charge is 0.240 e. The first-order valence-corrected chi connectivity index (χ1v) is 9.36. The molecular weight excluding hydrogens is 357 g/mol. The maximum Gasteiger partial charge on any atom is 0.240 e. The molecule has 28 heavy (non-hydrogen) atoms. The summed E-state index contributed by atoms with van der Waals surface area (Å²) in [6, 6.07) is 13.0. The Kier molecular flexibility index (Phi) is 5.48. The SMILES string of the molecule is Cc1cccc(Cc2nnc(/C=C/c3ccc(F)cc3N3CCOCC3)o2)c1. The minimum Gasteiger partial charge on any atom is -0.421 e. The maximum absolute atomic E-state index is 13.8. The highest BCUT2D eigenvalue weighted by Crippen LogP contribution is 2.25. The molecule has 0 radical (unpaired) electrons. The predicted molar refractivity (Wildman–Crippen MR) is 107 cm³/mol. The van der Waals surface area contributed by atoms with E-state index in [4.69, 9.17) is 9.15 Å². The van der Waals surface area contributed by atoms with E-state index in [1.54, 1.807) is 18.2 Å². The molecule has 6 heteroatoms. The summed E-state index contributed by atoms with van der Waals surface area (Å²) in [4.78, 5) is 2.13. The standard InChI is InChI=1S/C22H22FN3O2/c1-16-3-2-4-17(13-16)14-22-25-24-21(28-22)8-6-18-5-7-19(23)15-20(18)26-9-11-27-12-10-26/h2-8,13,15H,9-12,14H2,1H3/b8-6+. The van der Waals surface area contributed by atoms with Crippen molar-refractivity contribution in [1.82, 2.24) is 10.2 Å². The normalized spacial score (nSPS) is 14.7. The summed E-state index contributed by atoms with van der Waals surface area (Å²) in [5, 5.41) is 8.22. The van der Waals surface area contributed by atoms with Gasteiger partial charge in [0, 0.05) is 24.9 Å². The van der Waals surface area contributed by atoms with E-state index in [2.05, 4.69) is 34.2 Å². The van der Waals surface area contributed by atoms with Crippen LogP contribution >= 0.6 is 0 Å². The van der Waals surface area contributed by atoms with Crippen molar-refractivity contribution < 1.29 is 13.5 Å². The van der Waals surface area contributed by atoms with Crippen LogP contribution in [0.4, 0.5) is 10.1 Å². The van der Waals surface area contributed by atoms with Crippen LogP contribution in [0.1, 0.15) is 28.5 Å². The van der Waals surface area contributed by atoms with E-state index in [-0.39, 0.29) is 5.82 Å². The summed E-state index contributed by atoms with van der Waals surface area (Å²) in [5.74, 6) is 0.745. The highest BCUT2D eigenvalue weighted by atomic mass is 19.1. The van der Waals surface area contributed by atoms with Crippen molar-refractivity contribution in [3.05, 3.63) is 76.8 Å². The summed E-state index contributed by atoms with van der Waals surface area (Å²) >= 11 is 0. The highest BCUT2D eigenvalue weighted by Gasteiger charge is 2.15. The molecule has 2 heterocycles. The molecule has 0 N–H and O–H groups in total. The zero-order valence-corrected chi connectivity index (χ0v) is 15.8.